The number of hydrogen-bond donors (Lipinski definition) is 3. The normalized spacial score (nSPS) is 13.8. The lowest BCUT2D eigenvalue weighted by atomic mass is 9.92. The summed E-state index contributed by atoms with van der Waals surface area (Å²) in [5.41, 5.74) is 3.16. The van der Waals surface area contributed by atoms with Crippen LogP contribution in [0.5, 0.6) is 0 Å². The molecule has 4 rings (SSSR count). The van der Waals surface area contributed by atoms with Crippen LogP contribution in [-0.2, 0) is 0 Å². The minimum absolute atomic E-state index is 0.000485. The SMILES string of the molecule is Cc1ccc(NC(=O)Nc2cc(-c3ccccc3C(=O)O)c(F)cc2N(CC(C)C)C2CCCCC2)cc1. The number of aryl methyl sites for hydroxylation is 1. The van der Waals surface area contributed by atoms with Gasteiger partial charge in [0, 0.05) is 23.8 Å². The fraction of sp³-hybridized carbons (Fsp3) is 0.355. The minimum Gasteiger partial charge on any atom is -0.478 e. The van der Waals surface area contributed by atoms with Gasteiger partial charge in [-0.2, -0.15) is 0 Å². The quantitative estimate of drug-likeness (QED) is 0.283. The summed E-state index contributed by atoms with van der Waals surface area (Å²) in [6.07, 6.45) is 5.43. The van der Waals surface area contributed by atoms with E-state index in [1.165, 1.54) is 18.6 Å². The maximum atomic E-state index is 15.8. The lowest BCUT2D eigenvalue weighted by molar-refractivity contribution is 0.0697. The van der Waals surface area contributed by atoms with Crippen molar-refractivity contribution in [1.82, 2.24) is 0 Å². The number of aromatic carboxylic acids is 1. The predicted molar refractivity (Wildman–Crippen MR) is 152 cm³/mol. The van der Waals surface area contributed by atoms with Crippen molar-refractivity contribution >= 4 is 29.1 Å². The molecule has 1 fully saturated rings. The second-order valence-corrected chi connectivity index (χ2v) is 10.5. The van der Waals surface area contributed by atoms with E-state index in [1.54, 1.807) is 24.3 Å². The number of carbonyl (C=O) groups excluding carboxylic acids is 1. The van der Waals surface area contributed by atoms with Crippen LogP contribution in [0.1, 0.15) is 61.9 Å². The fourth-order valence-electron chi connectivity index (χ4n) is 5.16. The zero-order valence-corrected chi connectivity index (χ0v) is 22.3. The van der Waals surface area contributed by atoms with Gasteiger partial charge in [0.05, 0.1) is 16.9 Å². The highest BCUT2D eigenvalue weighted by molar-refractivity contribution is 6.03. The molecule has 1 saturated carbocycles. The molecule has 0 heterocycles. The molecule has 3 N–H and O–H groups in total. The molecule has 1 aliphatic rings. The third-order valence-corrected chi connectivity index (χ3v) is 6.98. The highest BCUT2D eigenvalue weighted by Crippen LogP contribution is 2.39. The molecule has 3 aromatic carbocycles. The summed E-state index contributed by atoms with van der Waals surface area (Å²) in [4.78, 5) is 27.2. The summed E-state index contributed by atoms with van der Waals surface area (Å²) >= 11 is 0. The van der Waals surface area contributed by atoms with Crippen molar-refractivity contribution in [3.63, 3.8) is 0 Å². The van der Waals surface area contributed by atoms with Gasteiger partial charge in [-0.3, -0.25) is 0 Å². The topological polar surface area (TPSA) is 81.7 Å². The van der Waals surface area contributed by atoms with Crippen molar-refractivity contribution in [3.05, 3.63) is 77.6 Å². The Morgan fingerprint density at radius 1 is 0.974 bits per heavy atom. The smallest absolute Gasteiger partial charge is 0.336 e. The zero-order chi connectivity index (χ0) is 27.2. The number of nitrogens with one attached hydrogen (secondary N) is 2. The summed E-state index contributed by atoms with van der Waals surface area (Å²) in [7, 11) is 0. The number of carboxylic acids is 1. The first-order valence-electron chi connectivity index (χ1n) is 13.3. The molecule has 0 unspecified atom stereocenters. The number of carbonyl (C=O) groups is 2. The van der Waals surface area contributed by atoms with Gasteiger partial charge in [0.15, 0.2) is 0 Å². The maximum absolute atomic E-state index is 15.8. The molecule has 0 spiro atoms. The lowest BCUT2D eigenvalue weighted by Crippen LogP contribution is -2.40. The Morgan fingerprint density at radius 3 is 2.32 bits per heavy atom. The van der Waals surface area contributed by atoms with E-state index in [0.717, 1.165) is 31.2 Å². The second-order valence-electron chi connectivity index (χ2n) is 10.5. The zero-order valence-electron chi connectivity index (χ0n) is 22.3. The predicted octanol–water partition coefficient (Wildman–Crippen LogP) is 7.94. The molecule has 0 atom stereocenters. The number of urea groups is 1. The molecule has 2 amide bonds. The molecule has 3 aromatic rings. The number of halogens is 1. The van der Waals surface area contributed by atoms with Crippen molar-refractivity contribution in [3.8, 4) is 11.1 Å². The van der Waals surface area contributed by atoms with Gasteiger partial charge in [0.25, 0.3) is 0 Å². The number of rotatable bonds is 8. The Bertz CT molecular complexity index is 1280. The summed E-state index contributed by atoms with van der Waals surface area (Å²) in [6.45, 7) is 6.94. The van der Waals surface area contributed by atoms with Gasteiger partial charge in [0.2, 0.25) is 0 Å². The summed E-state index contributed by atoms with van der Waals surface area (Å²) in [5, 5.41) is 15.5. The molecule has 0 bridgehead atoms. The van der Waals surface area contributed by atoms with Gasteiger partial charge in [0.1, 0.15) is 5.82 Å². The van der Waals surface area contributed by atoms with Crippen molar-refractivity contribution in [1.29, 1.82) is 0 Å². The van der Waals surface area contributed by atoms with E-state index < -0.39 is 17.8 Å². The van der Waals surface area contributed by atoms with Gasteiger partial charge < -0.3 is 20.6 Å². The highest BCUT2D eigenvalue weighted by atomic mass is 19.1. The first-order chi connectivity index (χ1) is 18.2. The number of anilines is 3. The van der Waals surface area contributed by atoms with E-state index in [1.807, 2.05) is 31.2 Å². The van der Waals surface area contributed by atoms with Gasteiger partial charge in [-0.1, -0.05) is 69.0 Å². The number of nitrogens with zero attached hydrogens (tertiary/aromatic N) is 1. The van der Waals surface area contributed by atoms with Crippen LogP contribution in [0, 0.1) is 18.7 Å². The Hall–Kier alpha value is -3.87. The minimum atomic E-state index is -1.14. The van der Waals surface area contributed by atoms with Crippen LogP contribution in [0.3, 0.4) is 0 Å². The van der Waals surface area contributed by atoms with E-state index in [4.69, 9.17) is 0 Å². The monoisotopic (exact) mass is 517 g/mol. The van der Waals surface area contributed by atoms with Gasteiger partial charge in [-0.25, -0.2) is 14.0 Å². The molecule has 38 heavy (non-hydrogen) atoms. The van der Waals surface area contributed by atoms with Crippen LogP contribution < -0.4 is 15.5 Å². The number of hydrogen-bond acceptors (Lipinski definition) is 3. The molecule has 0 saturated heterocycles. The molecule has 6 nitrogen and oxygen atoms in total. The fourth-order valence-corrected chi connectivity index (χ4v) is 5.16. The van der Waals surface area contributed by atoms with E-state index in [2.05, 4.69) is 29.4 Å². The van der Waals surface area contributed by atoms with Crippen LogP contribution >= 0.6 is 0 Å². The van der Waals surface area contributed by atoms with Crippen LogP contribution in [0.2, 0.25) is 0 Å². The van der Waals surface area contributed by atoms with E-state index >= 15 is 4.39 Å². The third kappa shape index (κ3) is 6.52. The molecule has 0 radical (unpaired) electrons. The molecular formula is C31H36FN3O3. The highest BCUT2D eigenvalue weighted by Gasteiger charge is 2.27. The van der Waals surface area contributed by atoms with Crippen molar-refractivity contribution in [2.75, 3.05) is 22.1 Å². The van der Waals surface area contributed by atoms with Crippen LogP contribution in [0.4, 0.5) is 26.2 Å². The molecule has 1 aliphatic carbocycles. The molecule has 0 aliphatic heterocycles. The average molecular weight is 518 g/mol. The Morgan fingerprint density at radius 2 is 1.66 bits per heavy atom. The molecule has 0 aromatic heterocycles. The molecule has 7 heteroatoms. The largest absolute Gasteiger partial charge is 0.478 e. The van der Waals surface area contributed by atoms with E-state index in [-0.39, 0.29) is 22.7 Å². The number of amides is 2. The Kier molecular flexibility index (Phi) is 8.66. The average Bonchev–Trinajstić information content (AvgIpc) is 2.90. The van der Waals surface area contributed by atoms with Crippen LogP contribution in [0.15, 0.2) is 60.7 Å². The van der Waals surface area contributed by atoms with Crippen molar-refractivity contribution < 1.29 is 19.1 Å². The number of carboxylic acid groups (broad SMARTS) is 1. The summed E-state index contributed by atoms with van der Waals surface area (Å²) in [6, 6.07) is 16.6. The van der Waals surface area contributed by atoms with Gasteiger partial charge in [-0.05, 0) is 61.6 Å². The molecular weight excluding hydrogens is 481 g/mol. The Labute approximate surface area is 223 Å². The summed E-state index contributed by atoms with van der Waals surface area (Å²) < 4.78 is 15.8. The van der Waals surface area contributed by atoms with E-state index in [0.29, 0.717) is 29.5 Å². The van der Waals surface area contributed by atoms with Crippen molar-refractivity contribution in [2.45, 2.75) is 58.9 Å². The first-order valence-corrected chi connectivity index (χ1v) is 13.3. The first kappa shape index (κ1) is 27.2. The van der Waals surface area contributed by atoms with Gasteiger partial charge in [-0.15, -0.1) is 0 Å². The van der Waals surface area contributed by atoms with Gasteiger partial charge >= 0.3 is 12.0 Å². The third-order valence-electron chi connectivity index (χ3n) is 6.98. The molecule has 200 valence electrons. The standard InChI is InChI=1S/C31H36FN3O3/c1-20(2)19-35(23-9-5-4-6-10-23)29-18-27(32)26(24-11-7-8-12-25(24)30(36)37)17-28(29)34-31(38)33-22-15-13-21(3)14-16-22/h7-8,11-18,20,23H,4-6,9-10,19H2,1-3H3,(H,36,37)(H2,33,34,38). The van der Waals surface area contributed by atoms with Crippen LogP contribution in [0.25, 0.3) is 11.1 Å². The summed E-state index contributed by atoms with van der Waals surface area (Å²) in [5.74, 6) is -1.34. The van der Waals surface area contributed by atoms with Crippen molar-refractivity contribution in [2.24, 2.45) is 5.92 Å². The number of benzene rings is 3. The van der Waals surface area contributed by atoms with E-state index in [9.17, 15) is 14.7 Å². The van der Waals surface area contributed by atoms with Crippen LogP contribution in [-0.4, -0.2) is 29.7 Å². The maximum Gasteiger partial charge on any atom is 0.336 e. The Balaban J connectivity index is 1.79. The second kappa shape index (κ2) is 12.1. The lowest BCUT2D eigenvalue weighted by Gasteiger charge is -2.38.